The topological polar surface area (TPSA) is 44.8 Å². The maximum absolute atomic E-state index is 11.3. The molecule has 1 saturated heterocycles. The van der Waals surface area contributed by atoms with Crippen molar-refractivity contribution in [3.8, 4) is 0 Å². The van der Waals surface area contributed by atoms with Gasteiger partial charge in [0.25, 0.3) is 0 Å². The monoisotopic (exact) mass is 216 g/mol. The molecule has 1 fully saturated rings. The Hall–Kier alpha value is -0.610. The van der Waals surface area contributed by atoms with E-state index in [2.05, 4.69) is 0 Å². The lowest BCUT2D eigenvalue weighted by Crippen LogP contribution is -2.25. The first-order valence-electron chi connectivity index (χ1n) is 5.63. The van der Waals surface area contributed by atoms with Gasteiger partial charge in [-0.2, -0.15) is 0 Å². The second kappa shape index (κ2) is 7.65. The largest absolute Gasteiger partial charge is 0.436 e. The molecule has 1 aliphatic rings. The van der Waals surface area contributed by atoms with Gasteiger partial charge in [0.15, 0.2) is 0 Å². The summed E-state index contributed by atoms with van der Waals surface area (Å²) in [4.78, 5) is 11.3. The first-order valence-corrected chi connectivity index (χ1v) is 5.63. The molecule has 4 heteroatoms. The Kier molecular flexibility index (Phi) is 6.36. The van der Waals surface area contributed by atoms with Gasteiger partial charge in [0.2, 0.25) is 6.29 Å². The molecule has 88 valence electrons. The summed E-state index contributed by atoms with van der Waals surface area (Å²) in [5.41, 5.74) is 0. The third kappa shape index (κ3) is 5.74. The third-order valence-electron chi connectivity index (χ3n) is 2.38. The Morgan fingerprint density at radius 2 is 2.27 bits per heavy atom. The van der Waals surface area contributed by atoms with Crippen molar-refractivity contribution >= 4 is 5.97 Å². The van der Waals surface area contributed by atoms with Crippen LogP contribution in [-0.4, -0.2) is 32.6 Å². The zero-order valence-electron chi connectivity index (χ0n) is 9.37. The normalized spacial score (nSPS) is 21.3. The Balaban J connectivity index is 2.01. The van der Waals surface area contributed by atoms with Crippen LogP contribution < -0.4 is 0 Å². The van der Waals surface area contributed by atoms with Crippen LogP contribution in [0.2, 0.25) is 0 Å². The van der Waals surface area contributed by atoms with Crippen molar-refractivity contribution in [1.29, 1.82) is 0 Å². The molecule has 0 aromatic heterocycles. The van der Waals surface area contributed by atoms with Crippen LogP contribution in [0.15, 0.2) is 0 Å². The molecule has 0 bridgehead atoms. The Bertz CT molecular complexity index is 175. The van der Waals surface area contributed by atoms with Gasteiger partial charge in [0, 0.05) is 26.6 Å². The highest BCUT2D eigenvalue weighted by molar-refractivity contribution is 5.69. The van der Waals surface area contributed by atoms with Crippen LogP contribution in [0.1, 0.15) is 38.5 Å². The fraction of sp³-hybridized carbons (Fsp3) is 0.909. The number of hydrogen-bond acceptors (Lipinski definition) is 4. The van der Waals surface area contributed by atoms with E-state index < -0.39 is 0 Å². The van der Waals surface area contributed by atoms with E-state index in [1.807, 2.05) is 0 Å². The van der Waals surface area contributed by atoms with Gasteiger partial charge in [-0.05, 0) is 25.7 Å². The van der Waals surface area contributed by atoms with Crippen LogP contribution in [0, 0.1) is 0 Å². The Morgan fingerprint density at radius 1 is 1.40 bits per heavy atom. The van der Waals surface area contributed by atoms with Crippen molar-refractivity contribution in [2.24, 2.45) is 0 Å². The number of unbranched alkanes of at least 4 members (excludes halogenated alkanes) is 1. The molecule has 0 aliphatic carbocycles. The van der Waals surface area contributed by atoms with E-state index in [0.717, 1.165) is 32.1 Å². The predicted octanol–water partition coefficient (Wildman–Crippen LogP) is 1.87. The molecule has 0 saturated carbocycles. The molecule has 1 unspecified atom stereocenters. The molecule has 0 radical (unpaired) electrons. The third-order valence-corrected chi connectivity index (χ3v) is 2.38. The van der Waals surface area contributed by atoms with Crippen LogP contribution in [0.25, 0.3) is 0 Å². The number of methoxy groups -OCH3 is 1. The quantitative estimate of drug-likeness (QED) is 0.502. The molecule has 0 amide bonds. The van der Waals surface area contributed by atoms with Gasteiger partial charge in [-0.15, -0.1) is 0 Å². The van der Waals surface area contributed by atoms with Crippen molar-refractivity contribution in [3.63, 3.8) is 0 Å². The molecule has 1 atom stereocenters. The summed E-state index contributed by atoms with van der Waals surface area (Å²) in [5, 5.41) is 0. The van der Waals surface area contributed by atoms with Crippen molar-refractivity contribution in [2.45, 2.75) is 44.8 Å². The summed E-state index contributed by atoms with van der Waals surface area (Å²) >= 11 is 0. The Morgan fingerprint density at radius 3 is 2.93 bits per heavy atom. The first-order chi connectivity index (χ1) is 7.33. The fourth-order valence-corrected chi connectivity index (χ4v) is 1.53. The summed E-state index contributed by atoms with van der Waals surface area (Å²) in [7, 11) is 1.66. The maximum atomic E-state index is 11.3. The van der Waals surface area contributed by atoms with Gasteiger partial charge < -0.3 is 14.2 Å². The smallest absolute Gasteiger partial charge is 0.308 e. The molecule has 1 aliphatic heterocycles. The molecule has 1 heterocycles. The van der Waals surface area contributed by atoms with Gasteiger partial charge in [-0.3, -0.25) is 4.79 Å². The zero-order valence-corrected chi connectivity index (χ0v) is 9.37. The molecule has 0 aromatic rings. The summed E-state index contributed by atoms with van der Waals surface area (Å²) in [6.07, 6.45) is 4.88. The number of rotatable bonds is 6. The van der Waals surface area contributed by atoms with Crippen molar-refractivity contribution in [1.82, 2.24) is 0 Å². The van der Waals surface area contributed by atoms with Gasteiger partial charge in [-0.25, -0.2) is 0 Å². The standard InChI is InChI=1S/C11H20O4/c1-13-8-4-2-6-10(12)15-11-7-3-5-9-14-11/h11H,2-9H2,1H3. The van der Waals surface area contributed by atoms with Crippen LogP contribution in [0.4, 0.5) is 0 Å². The molecular weight excluding hydrogens is 196 g/mol. The fourth-order valence-electron chi connectivity index (χ4n) is 1.53. The average molecular weight is 216 g/mol. The summed E-state index contributed by atoms with van der Waals surface area (Å²) in [6, 6.07) is 0. The van der Waals surface area contributed by atoms with Gasteiger partial charge in [0.1, 0.15) is 0 Å². The lowest BCUT2D eigenvalue weighted by molar-refractivity contribution is -0.186. The number of hydrogen-bond donors (Lipinski definition) is 0. The summed E-state index contributed by atoms with van der Waals surface area (Å²) < 4.78 is 15.4. The first kappa shape index (κ1) is 12.5. The lowest BCUT2D eigenvalue weighted by atomic mass is 10.2. The molecule has 0 aromatic carbocycles. The van der Waals surface area contributed by atoms with Gasteiger partial charge >= 0.3 is 5.97 Å². The van der Waals surface area contributed by atoms with E-state index >= 15 is 0 Å². The van der Waals surface area contributed by atoms with Gasteiger partial charge in [-0.1, -0.05) is 0 Å². The second-order valence-corrected chi connectivity index (χ2v) is 3.74. The number of ether oxygens (including phenoxy) is 3. The Labute approximate surface area is 90.9 Å². The van der Waals surface area contributed by atoms with E-state index in [9.17, 15) is 4.79 Å². The minimum absolute atomic E-state index is 0.155. The molecule has 1 rings (SSSR count). The van der Waals surface area contributed by atoms with Crippen molar-refractivity contribution in [2.75, 3.05) is 20.3 Å². The van der Waals surface area contributed by atoms with Gasteiger partial charge in [0.05, 0.1) is 6.61 Å². The van der Waals surface area contributed by atoms with E-state index in [1.54, 1.807) is 7.11 Å². The highest BCUT2D eigenvalue weighted by atomic mass is 16.7. The lowest BCUT2D eigenvalue weighted by Gasteiger charge is -2.22. The van der Waals surface area contributed by atoms with E-state index in [-0.39, 0.29) is 12.3 Å². The van der Waals surface area contributed by atoms with Crippen molar-refractivity contribution in [3.05, 3.63) is 0 Å². The molecule has 0 N–H and O–H groups in total. The molecule has 15 heavy (non-hydrogen) atoms. The molecule has 4 nitrogen and oxygen atoms in total. The summed E-state index contributed by atoms with van der Waals surface area (Å²) in [6.45, 7) is 1.41. The average Bonchev–Trinajstić information content (AvgIpc) is 2.26. The minimum atomic E-state index is -0.298. The number of carbonyl (C=O) groups is 1. The zero-order chi connectivity index (χ0) is 10.9. The van der Waals surface area contributed by atoms with E-state index in [1.165, 1.54) is 0 Å². The highest BCUT2D eigenvalue weighted by Gasteiger charge is 2.17. The predicted molar refractivity (Wildman–Crippen MR) is 55.4 cm³/mol. The second-order valence-electron chi connectivity index (χ2n) is 3.74. The highest BCUT2D eigenvalue weighted by Crippen LogP contribution is 2.14. The van der Waals surface area contributed by atoms with E-state index in [4.69, 9.17) is 14.2 Å². The summed E-state index contributed by atoms with van der Waals surface area (Å²) in [5.74, 6) is -0.155. The maximum Gasteiger partial charge on any atom is 0.308 e. The number of esters is 1. The SMILES string of the molecule is COCCCCC(=O)OC1CCCCO1. The van der Waals surface area contributed by atoms with Crippen LogP contribution in [-0.2, 0) is 19.0 Å². The molecule has 0 spiro atoms. The minimum Gasteiger partial charge on any atom is -0.436 e. The van der Waals surface area contributed by atoms with Crippen LogP contribution in [0.5, 0.6) is 0 Å². The van der Waals surface area contributed by atoms with Crippen LogP contribution >= 0.6 is 0 Å². The number of carbonyl (C=O) groups excluding carboxylic acids is 1. The van der Waals surface area contributed by atoms with Crippen molar-refractivity contribution < 1.29 is 19.0 Å². The molecular formula is C11H20O4. The van der Waals surface area contributed by atoms with E-state index in [0.29, 0.717) is 19.6 Å². The van der Waals surface area contributed by atoms with Crippen LogP contribution in [0.3, 0.4) is 0 Å².